The summed E-state index contributed by atoms with van der Waals surface area (Å²) in [6, 6.07) is 6.74. The predicted molar refractivity (Wildman–Crippen MR) is 74.5 cm³/mol. The number of hydrogen-bond acceptors (Lipinski definition) is 5. The standard InChI is InChI=1S/C13H14ClNO3S/c1-8(13(16)17-2)15-12(9-4-3-7-18-9)10-5-6-11(14)19-10/h3-8,12,15H,1-2H3. The van der Waals surface area contributed by atoms with E-state index in [1.54, 1.807) is 13.2 Å². The van der Waals surface area contributed by atoms with Crippen LogP contribution in [-0.2, 0) is 9.53 Å². The van der Waals surface area contributed by atoms with Gasteiger partial charge >= 0.3 is 5.97 Å². The van der Waals surface area contributed by atoms with Gasteiger partial charge in [0.15, 0.2) is 0 Å². The number of nitrogens with one attached hydrogen (secondary N) is 1. The minimum absolute atomic E-state index is 0.221. The van der Waals surface area contributed by atoms with Gasteiger partial charge in [-0.3, -0.25) is 10.1 Å². The molecule has 6 heteroatoms. The van der Waals surface area contributed by atoms with Gasteiger partial charge in [0.25, 0.3) is 0 Å². The summed E-state index contributed by atoms with van der Waals surface area (Å²) >= 11 is 7.41. The fourth-order valence-electron chi connectivity index (χ4n) is 1.74. The maximum absolute atomic E-state index is 11.5. The first-order chi connectivity index (χ1) is 9.11. The van der Waals surface area contributed by atoms with Crippen LogP contribution in [0.3, 0.4) is 0 Å². The van der Waals surface area contributed by atoms with Crippen LogP contribution in [0.2, 0.25) is 4.34 Å². The molecule has 2 aromatic heterocycles. The quantitative estimate of drug-likeness (QED) is 0.861. The van der Waals surface area contributed by atoms with Crippen molar-refractivity contribution in [3.05, 3.63) is 45.5 Å². The third-order valence-electron chi connectivity index (χ3n) is 2.68. The number of thiophene rings is 1. The van der Waals surface area contributed by atoms with E-state index < -0.39 is 6.04 Å². The third kappa shape index (κ3) is 3.37. The normalized spacial score (nSPS) is 14.1. The first-order valence-electron chi connectivity index (χ1n) is 5.74. The van der Waals surface area contributed by atoms with E-state index in [4.69, 9.17) is 20.8 Å². The van der Waals surface area contributed by atoms with Gasteiger partial charge in [0.1, 0.15) is 17.8 Å². The summed E-state index contributed by atoms with van der Waals surface area (Å²) in [5.74, 6) is 0.411. The molecule has 4 nitrogen and oxygen atoms in total. The van der Waals surface area contributed by atoms with Crippen molar-refractivity contribution in [2.24, 2.45) is 0 Å². The number of rotatable bonds is 5. The van der Waals surface area contributed by atoms with E-state index in [1.807, 2.05) is 24.3 Å². The van der Waals surface area contributed by atoms with Crippen LogP contribution in [0.4, 0.5) is 0 Å². The van der Waals surface area contributed by atoms with Crippen molar-refractivity contribution in [2.75, 3.05) is 7.11 Å². The number of methoxy groups -OCH3 is 1. The Labute approximate surface area is 120 Å². The zero-order valence-corrected chi connectivity index (χ0v) is 12.1. The first-order valence-corrected chi connectivity index (χ1v) is 6.93. The van der Waals surface area contributed by atoms with Gasteiger partial charge in [-0.25, -0.2) is 0 Å². The van der Waals surface area contributed by atoms with Gasteiger partial charge in [0.05, 0.1) is 17.7 Å². The van der Waals surface area contributed by atoms with Crippen molar-refractivity contribution in [3.8, 4) is 0 Å². The molecule has 102 valence electrons. The second kappa shape index (κ2) is 6.23. The molecule has 0 aromatic carbocycles. The van der Waals surface area contributed by atoms with E-state index in [0.29, 0.717) is 4.34 Å². The molecule has 0 spiro atoms. The molecule has 0 aliphatic carbocycles. The number of carbonyl (C=O) groups is 1. The third-order valence-corrected chi connectivity index (χ3v) is 3.97. The zero-order valence-electron chi connectivity index (χ0n) is 10.6. The van der Waals surface area contributed by atoms with E-state index in [-0.39, 0.29) is 12.0 Å². The zero-order chi connectivity index (χ0) is 13.8. The van der Waals surface area contributed by atoms with Crippen LogP contribution >= 0.6 is 22.9 Å². The molecule has 0 radical (unpaired) electrons. The molecule has 0 fully saturated rings. The number of carbonyl (C=O) groups excluding carboxylic acids is 1. The Balaban J connectivity index is 2.23. The monoisotopic (exact) mass is 299 g/mol. The summed E-state index contributed by atoms with van der Waals surface area (Å²) in [6.45, 7) is 1.75. The highest BCUT2D eigenvalue weighted by Gasteiger charge is 2.24. The van der Waals surface area contributed by atoms with Crippen LogP contribution in [0.5, 0.6) is 0 Å². The van der Waals surface area contributed by atoms with E-state index in [1.165, 1.54) is 18.4 Å². The predicted octanol–water partition coefficient (Wildman–Crippen LogP) is 3.24. The van der Waals surface area contributed by atoms with Gasteiger partial charge in [-0.15, -0.1) is 11.3 Å². The summed E-state index contributed by atoms with van der Waals surface area (Å²) in [5.41, 5.74) is 0. The van der Waals surface area contributed by atoms with Crippen molar-refractivity contribution < 1.29 is 13.9 Å². The Morgan fingerprint density at radius 2 is 2.26 bits per heavy atom. The fourth-order valence-corrected chi connectivity index (χ4v) is 2.87. The lowest BCUT2D eigenvalue weighted by Gasteiger charge is -2.19. The Morgan fingerprint density at radius 3 is 2.79 bits per heavy atom. The number of halogens is 1. The van der Waals surface area contributed by atoms with Gasteiger partial charge in [-0.2, -0.15) is 0 Å². The topological polar surface area (TPSA) is 51.5 Å². The van der Waals surface area contributed by atoms with Gasteiger partial charge in [0, 0.05) is 4.88 Å². The van der Waals surface area contributed by atoms with Crippen LogP contribution in [0.15, 0.2) is 34.9 Å². The highest BCUT2D eigenvalue weighted by atomic mass is 35.5. The van der Waals surface area contributed by atoms with Crippen molar-refractivity contribution in [1.29, 1.82) is 0 Å². The highest BCUT2D eigenvalue weighted by molar-refractivity contribution is 7.16. The largest absolute Gasteiger partial charge is 0.468 e. The van der Waals surface area contributed by atoms with Crippen LogP contribution in [-0.4, -0.2) is 19.1 Å². The lowest BCUT2D eigenvalue weighted by Crippen LogP contribution is -2.37. The molecule has 19 heavy (non-hydrogen) atoms. The molecule has 0 bridgehead atoms. The molecule has 2 unspecified atom stereocenters. The molecule has 1 N–H and O–H groups in total. The molecular formula is C13H14ClNO3S. The highest BCUT2D eigenvalue weighted by Crippen LogP contribution is 2.31. The SMILES string of the molecule is COC(=O)C(C)NC(c1ccco1)c1ccc(Cl)s1. The van der Waals surface area contributed by atoms with Crippen molar-refractivity contribution in [2.45, 2.75) is 19.0 Å². The number of hydrogen-bond donors (Lipinski definition) is 1. The molecule has 2 rings (SSSR count). The van der Waals surface area contributed by atoms with Gasteiger partial charge in [0.2, 0.25) is 0 Å². The average Bonchev–Trinajstić information content (AvgIpc) is 3.06. The molecular weight excluding hydrogens is 286 g/mol. The minimum Gasteiger partial charge on any atom is -0.468 e. The first kappa shape index (κ1) is 14.1. The number of esters is 1. The Morgan fingerprint density at radius 1 is 1.47 bits per heavy atom. The summed E-state index contributed by atoms with van der Waals surface area (Å²) < 4.78 is 10.8. The van der Waals surface area contributed by atoms with Gasteiger partial charge in [-0.1, -0.05) is 11.6 Å². The Bertz CT molecular complexity index is 538. The lowest BCUT2D eigenvalue weighted by atomic mass is 10.1. The molecule has 2 heterocycles. The van der Waals surface area contributed by atoms with Crippen LogP contribution in [0, 0.1) is 0 Å². The molecule has 0 amide bonds. The second-order valence-electron chi connectivity index (χ2n) is 4.00. The molecule has 0 saturated carbocycles. The Hall–Kier alpha value is -1.30. The van der Waals surface area contributed by atoms with Crippen LogP contribution in [0.25, 0.3) is 0 Å². The van der Waals surface area contributed by atoms with Crippen LogP contribution in [0.1, 0.15) is 23.6 Å². The Kier molecular flexibility index (Phi) is 4.63. The fraction of sp³-hybridized carbons (Fsp3) is 0.308. The summed E-state index contributed by atoms with van der Waals surface area (Å²) in [4.78, 5) is 12.5. The molecule has 0 saturated heterocycles. The van der Waals surface area contributed by atoms with Crippen molar-refractivity contribution in [3.63, 3.8) is 0 Å². The maximum atomic E-state index is 11.5. The molecule has 0 aliphatic heterocycles. The second-order valence-corrected chi connectivity index (χ2v) is 5.75. The molecule has 2 atom stereocenters. The van der Waals surface area contributed by atoms with Crippen molar-refractivity contribution >= 4 is 28.9 Å². The maximum Gasteiger partial charge on any atom is 0.322 e. The summed E-state index contributed by atoms with van der Waals surface area (Å²) in [6.07, 6.45) is 1.60. The summed E-state index contributed by atoms with van der Waals surface area (Å²) in [5, 5.41) is 3.18. The van der Waals surface area contributed by atoms with Gasteiger partial charge in [-0.05, 0) is 31.2 Å². The smallest absolute Gasteiger partial charge is 0.322 e. The van der Waals surface area contributed by atoms with Crippen molar-refractivity contribution in [1.82, 2.24) is 5.32 Å². The molecule has 2 aromatic rings. The average molecular weight is 300 g/mol. The lowest BCUT2D eigenvalue weighted by molar-refractivity contribution is -0.142. The van der Waals surface area contributed by atoms with E-state index >= 15 is 0 Å². The van der Waals surface area contributed by atoms with Crippen LogP contribution < -0.4 is 5.32 Å². The summed E-state index contributed by atoms with van der Waals surface area (Å²) in [7, 11) is 1.37. The molecule has 0 aliphatic rings. The van der Waals surface area contributed by atoms with E-state index in [0.717, 1.165) is 10.6 Å². The van der Waals surface area contributed by atoms with E-state index in [9.17, 15) is 4.79 Å². The number of ether oxygens (including phenoxy) is 1. The number of furan rings is 1. The minimum atomic E-state index is -0.444. The van der Waals surface area contributed by atoms with Gasteiger partial charge < -0.3 is 9.15 Å². The van der Waals surface area contributed by atoms with E-state index in [2.05, 4.69) is 5.32 Å².